The van der Waals surface area contributed by atoms with Gasteiger partial charge in [0.2, 0.25) is 5.91 Å². The van der Waals surface area contributed by atoms with Crippen molar-refractivity contribution in [1.29, 1.82) is 0 Å². The molecule has 2 heterocycles. The van der Waals surface area contributed by atoms with Crippen molar-refractivity contribution >= 4 is 5.91 Å². The zero-order valence-corrected chi connectivity index (χ0v) is 11.7. The van der Waals surface area contributed by atoms with E-state index in [0.29, 0.717) is 13.0 Å². The molecule has 0 aromatic carbocycles. The molecule has 1 fully saturated rings. The summed E-state index contributed by atoms with van der Waals surface area (Å²) < 4.78 is 5.68. The number of rotatable bonds is 5. The normalized spacial score (nSPS) is 17.5. The van der Waals surface area contributed by atoms with Gasteiger partial charge in [-0.15, -0.1) is 0 Å². The van der Waals surface area contributed by atoms with Gasteiger partial charge in [-0.1, -0.05) is 6.92 Å². The Bertz CT molecular complexity index is 408. The fourth-order valence-corrected chi connectivity index (χ4v) is 2.61. The summed E-state index contributed by atoms with van der Waals surface area (Å²) >= 11 is 0. The van der Waals surface area contributed by atoms with Crippen LogP contribution in [0.1, 0.15) is 37.7 Å². The van der Waals surface area contributed by atoms with Crippen molar-refractivity contribution < 1.29 is 9.21 Å². The molecule has 1 atom stereocenters. The van der Waals surface area contributed by atoms with Gasteiger partial charge in [0.25, 0.3) is 0 Å². The Labute approximate surface area is 114 Å². The third kappa shape index (κ3) is 3.60. The van der Waals surface area contributed by atoms with Crippen LogP contribution in [0.4, 0.5) is 0 Å². The van der Waals surface area contributed by atoms with E-state index < -0.39 is 0 Å². The van der Waals surface area contributed by atoms with Gasteiger partial charge in [0.15, 0.2) is 0 Å². The molecule has 0 spiro atoms. The van der Waals surface area contributed by atoms with Crippen LogP contribution in [0.5, 0.6) is 0 Å². The Morgan fingerprint density at radius 1 is 1.32 bits per heavy atom. The molecule has 0 aliphatic carbocycles. The van der Waals surface area contributed by atoms with E-state index in [1.165, 1.54) is 6.42 Å². The van der Waals surface area contributed by atoms with Crippen LogP contribution in [0.2, 0.25) is 0 Å². The van der Waals surface area contributed by atoms with Gasteiger partial charge in [-0.05, 0) is 31.4 Å². The summed E-state index contributed by atoms with van der Waals surface area (Å²) in [6.07, 6.45) is 4.96. The van der Waals surface area contributed by atoms with Crippen LogP contribution in [0.25, 0.3) is 0 Å². The number of carbonyl (C=O) groups is 1. The Balaban J connectivity index is 1.96. The van der Waals surface area contributed by atoms with Crippen molar-refractivity contribution in [2.45, 2.75) is 39.0 Å². The minimum absolute atomic E-state index is 0.144. The summed E-state index contributed by atoms with van der Waals surface area (Å²) in [7, 11) is 0. The Hall–Kier alpha value is -1.29. The SMILES string of the molecule is CCc1ccc(CC(CN)C(=O)N2CCCCC2)o1. The number of likely N-dealkylation sites (tertiary alicyclic amines) is 1. The van der Waals surface area contributed by atoms with Crippen LogP contribution in [-0.4, -0.2) is 30.4 Å². The smallest absolute Gasteiger partial charge is 0.227 e. The number of hydrogen-bond acceptors (Lipinski definition) is 3. The molecule has 1 amide bonds. The van der Waals surface area contributed by atoms with Crippen LogP contribution in [0.15, 0.2) is 16.5 Å². The minimum atomic E-state index is -0.144. The largest absolute Gasteiger partial charge is 0.466 e. The Morgan fingerprint density at radius 3 is 2.58 bits per heavy atom. The van der Waals surface area contributed by atoms with Crippen LogP contribution in [0.3, 0.4) is 0 Å². The van der Waals surface area contributed by atoms with E-state index in [0.717, 1.165) is 43.9 Å². The highest BCUT2D eigenvalue weighted by atomic mass is 16.3. The van der Waals surface area contributed by atoms with E-state index >= 15 is 0 Å². The molecule has 1 aliphatic rings. The van der Waals surface area contributed by atoms with E-state index in [-0.39, 0.29) is 11.8 Å². The van der Waals surface area contributed by atoms with Gasteiger partial charge < -0.3 is 15.1 Å². The first-order chi connectivity index (χ1) is 9.24. The topological polar surface area (TPSA) is 59.5 Å². The van der Waals surface area contributed by atoms with Gasteiger partial charge in [-0.3, -0.25) is 4.79 Å². The predicted octanol–water partition coefficient (Wildman–Crippen LogP) is 1.97. The van der Waals surface area contributed by atoms with Crippen molar-refractivity contribution in [1.82, 2.24) is 4.90 Å². The molecule has 4 heteroatoms. The second-order valence-electron chi connectivity index (χ2n) is 5.24. The van der Waals surface area contributed by atoms with Crippen molar-refractivity contribution in [2.75, 3.05) is 19.6 Å². The van der Waals surface area contributed by atoms with Gasteiger partial charge in [-0.25, -0.2) is 0 Å². The second-order valence-corrected chi connectivity index (χ2v) is 5.24. The van der Waals surface area contributed by atoms with E-state index in [1.54, 1.807) is 0 Å². The molecule has 1 saturated heterocycles. The molecule has 1 aliphatic heterocycles. The monoisotopic (exact) mass is 264 g/mol. The van der Waals surface area contributed by atoms with Gasteiger partial charge in [-0.2, -0.15) is 0 Å². The van der Waals surface area contributed by atoms with E-state index in [4.69, 9.17) is 10.2 Å². The standard InChI is InChI=1S/C15H24N2O2/c1-2-13-6-7-14(19-13)10-12(11-16)15(18)17-8-4-3-5-9-17/h6-7,12H,2-5,8-11,16H2,1H3. The molecule has 2 rings (SSSR count). The average molecular weight is 264 g/mol. The number of carbonyl (C=O) groups excluding carboxylic acids is 1. The van der Waals surface area contributed by atoms with Crippen molar-refractivity contribution in [2.24, 2.45) is 11.7 Å². The van der Waals surface area contributed by atoms with Crippen molar-refractivity contribution in [3.63, 3.8) is 0 Å². The summed E-state index contributed by atoms with van der Waals surface area (Å²) in [5.41, 5.74) is 5.78. The van der Waals surface area contributed by atoms with Crippen LogP contribution in [-0.2, 0) is 17.6 Å². The van der Waals surface area contributed by atoms with Gasteiger partial charge in [0.1, 0.15) is 11.5 Å². The summed E-state index contributed by atoms with van der Waals surface area (Å²) in [5, 5.41) is 0. The number of nitrogens with zero attached hydrogens (tertiary/aromatic N) is 1. The predicted molar refractivity (Wildman–Crippen MR) is 74.8 cm³/mol. The lowest BCUT2D eigenvalue weighted by Crippen LogP contribution is -2.42. The lowest BCUT2D eigenvalue weighted by atomic mass is 10.0. The van der Waals surface area contributed by atoms with Crippen molar-refractivity contribution in [3.8, 4) is 0 Å². The number of furan rings is 1. The average Bonchev–Trinajstić information content (AvgIpc) is 2.92. The van der Waals surface area contributed by atoms with Gasteiger partial charge in [0, 0.05) is 32.5 Å². The molecular weight excluding hydrogens is 240 g/mol. The maximum absolute atomic E-state index is 12.4. The van der Waals surface area contributed by atoms with E-state index in [9.17, 15) is 4.79 Å². The number of amides is 1. The third-order valence-corrected chi connectivity index (χ3v) is 3.81. The lowest BCUT2D eigenvalue weighted by Gasteiger charge is -2.29. The highest BCUT2D eigenvalue weighted by Gasteiger charge is 2.25. The molecule has 106 valence electrons. The maximum atomic E-state index is 12.4. The summed E-state index contributed by atoms with van der Waals surface area (Å²) in [6.45, 7) is 4.21. The third-order valence-electron chi connectivity index (χ3n) is 3.81. The van der Waals surface area contributed by atoms with Gasteiger partial charge in [0.05, 0.1) is 5.92 Å². The minimum Gasteiger partial charge on any atom is -0.466 e. The molecule has 2 N–H and O–H groups in total. The molecule has 0 radical (unpaired) electrons. The van der Waals surface area contributed by atoms with E-state index in [2.05, 4.69) is 6.92 Å². The molecular formula is C15H24N2O2. The Morgan fingerprint density at radius 2 is 2.00 bits per heavy atom. The van der Waals surface area contributed by atoms with Crippen LogP contribution >= 0.6 is 0 Å². The van der Waals surface area contributed by atoms with Crippen LogP contribution < -0.4 is 5.73 Å². The zero-order chi connectivity index (χ0) is 13.7. The molecule has 4 nitrogen and oxygen atoms in total. The highest BCUT2D eigenvalue weighted by molar-refractivity contribution is 5.79. The molecule has 1 aromatic rings. The first-order valence-electron chi connectivity index (χ1n) is 7.31. The number of nitrogens with two attached hydrogens (primary N) is 1. The summed E-state index contributed by atoms with van der Waals surface area (Å²) in [6, 6.07) is 3.94. The molecule has 0 saturated carbocycles. The fourth-order valence-electron chi connectivity index (χ4n) is 2.61. The first kappa shape index (κ1) is 14.1. The highest BCUT2D eigenvalue weighted by Crippen LogP contribution is 2.17. The lowest BCUT2D eigenvalue weighted by molar-refractivity contribution is -0.136. The van der Waals surface area contributed by atoms with E-state index in [1.807, 2.05) is 17.0 Å². The molecule has 1 aromatic heterocycles. The first-order valence-corrected chi connectivity index (χ1v) is 7.31. The number of hydrogen-bond donors (Lipinski definition) is 1. The molecule has 19 heavy (non-hydrogen) atoms. The molecule has 1 unspecified atom stereocenters. The van der Waals surface area contributed by atoms with Crippen LogP contribution in [0, 0.1) is 5.92 Å². The number of aryl methyl sites for hydroxylation is 1. The quantitative estimate of drug-likeness (QED) is 0.884. The molecule has 0 bridgehead atoms. The van der Waals surface area contributed by atoms with Gasteiger partial charge >= 0.3 is 0 Å². The zero-order valence-electron chi connectivity index (χ0n) is 11.7. The van der Waals surface area contributed by atoms with Crippen molar-refractivity contribution in [3.05, 3.63) is 23.7 Å². The fraction of sp³-hybridized carbons (Fsp3) is 0.667. The summed E-state index contributed by atoms with van der Waals surface area (Å²) in [4.78, 5) is 14.4. The Kier molecular flexibility index (Phi) is 5.02. The number of piperidine rings is 1. The second kappa shape index (κ2) is 6.75. The summed E-state index contributed by atoms with van der Waals surface area (Å²) in [5.74, 6) is 1.89. The maximum Gasteiger partial charge on any atom is 0.227 e.